The fourth-order valence-corrected chi connectivity index (χ4v) is 4.10. The van der Waals surface area contributed by atoms with Crippen LogP contribution in [-0.4, -0.2) is 29.0 Å². The second-order valence-electron chi connectivity index (χ2n) is 8.31. The third-order valence-electron chi connectivity index (χ3n) is 5.89. The molecular formula is C27H23FN2O4. The summed E-state index contributed by atoms with van der Waals surface area (Å²) < 4.78 is 24.7. The molecule has 172 valence electrons. The van der Waals surface area contributed by atoms with Gasteiger partial charge in [0.2, 0.25) is 0 Å². The van der Waals surface area contributed by atoms with Gasteiger partial charge < -0.3 is 19.4 Å². The van der Waals surface area contributed by atoms with Crippen LogP contribution in [0.2, 0.25) is 0 Å². The zero-order valence-electron chi connectivity index (χ0n) is 18.6. The quantitative estimate of drug-likeness (QED) is 0.475. The fraction of sp³-hybridized carbons (Fsp3) is 0.185. The second-order valence-corrected chi connectivity index (χ2v) is 8.31. The molecule has 0 unspecified atom stereocenters. The fourth-order valence-electron chi connectivity index (χ4n) is 4.10. The number of carbonyl (C=O) groups is 1. The van der Waals surface area contributed by atoms with E-state index in [0.29, 0.717) is 41.4 Å². The molecule has 34 heavy (non-hydrogen) atoms. The summed E-state index contributed by atoms with van der Waals surface area (Å²) in [5, 5.41) is 0.781. The van der Waals surface area contributed by atoms with Crippen molar-refractivity contribution in [1.29, 1.82) is 0 Å². The molecule has 4 aromatic rings. The first kappa shape index (κ1) is 21.7. The molecule has 1 amide bonds. The van der Waals surface area contributed by atoms with Crippen molar-refractivity contribution in [3.8, 4) is 11.5 Å². The first-order valence-corrected chi connectivity index (χ1v) is 11.0. The van der Waals surface area contributed by atoms with Crippen molar-refractivity contribution in [3.05, 3.63) is 105 Å². The predicted molar refractivity (Wildman–Crippen MR) is 127 cm³/mol. The number of aromatic nitrogens is 1. The van der Waals surface area contributed by atoms with E-state index in [-0.39, 0.29) is 30.4 Å². The van der Waals surface area contributed by atoms with Crippen LogP contribution in [-0.2, 0) is 13.1 Å². The standard InChI is InChI=1S/C27H23FN2O4/c1-17-4-2-3-5-22(17)27(32)30(15-18-6-8-21(28)9-7-18)16-20-12-19-13-24-25(34-11-10-33-24)14-23(19)29-26(20)31/h2-9,12-14H,10-11,15-16H2,1H3,(H,29,31). The highest BCUT2D eigenvalue weighted by Gasteiger charge is 2.21. The van der Waals surface area contributed by atoms with Gasteiger partial charge in [-0.3, -0.25) is 9.59 Å². The third kappa shape index (κ3) is 4.37. The van der Waals surface area contributed by atoms with Gasteiger partial charge in [-0.05, 0) is 48.4 Å². The van der Waals surface area contributed by atoms with Crippen LogP contribution in [0.3, 0.4) is 0 Å². The van der Waals surface area contributed by atoms with Crippen molar-refractivity contribution in [1.82, 2.24) is 9.88 Å². The van der Waals surface area contributed by atoms with E-state index in [0.717, 1.165) is 16.5 Å². The normalized spacial score (nSPS) is 12.5. The lowest BCUT2D eigenvalue weighted by Crippen LogP contribution is -2.33. The molecule has 0 aliphatic carbocycles. The van der Waals surface area contributed by atoms with Gasteiger partial charge in [-0.15, -0.1) is 0 Å². The monoisotopic (exact) mass is 458 g/mol. The van der Waals surface area contributed by atoms with Gasteiger partial charge in [-0.1, -0.05) is 30.3 Å². The van der Waals surface area contributed by atoms with Gasteiger partial charge in [0.05, 0.1) is 12.1 Å². The number of aromatic amines is 1. The van der Waals surface area contributed by atoms with Gasteiger partial charge in [0.25, 0.3) is 11.5 Å². The first-order chi connectivity index (χ1) is 16.5. The Morgan fingerprint density at radius 3 is 2.41 bits per heavy atom. The van der Waals surface area contributed by atoms with E-state index in [9.17, 15) is 14.0 Å². The summed E-state index contributed by atoms with van der Waals surface area (Å²) in [5.41, 5.74) is 2.95. The van der Waals surface area contributed by atoms with Crippen molar-refractivity contribution in [2.24, 2.45) is 0 Å². The van der Waals surface area contributed by atoms with E-state index in [1.54, 1.807) is 35.2 Å². The summed E-state index contributed by atoms with van der Waals surface area (Å²) in [6.07, 6.45) is 0. The highest BCUT2D eigenvalue weighted by molar-refractivity contribution is 5.95. The number of nitrogens with zero attached hydrogens (tertiary/aromatic N) is 1. The Bertz CT molecular complexity index is 1430. The number of fused-ring (bicyclic) bond motifs is 2. The molecule has 2 heterocycles. The number of H-pyrrole nitrogens is 1. The van der Waals surface area contributed by atoms with Crippen molar-refractivity contribution in [2.45, 2.75) is 20.0 Å². The summed E-state index contributed by atoms with van der Waals surface area (Å²) in [6, 6.07) is 18.7. The highest BCUT2D eigenvalue weighted by Crippen LogP contribution is 2.33. The number of ether oxygens (including phenoxy) is 2. The predicted octanol–water partition coefficient (Wildman–Crippen LogP) is 4.59. The van der Waals surface area contributed by atoms with Gasteiger partial charge in [-0.25, -0.2) is 4.39 Å². The van der Waals surface area contributed by atoms with E-state index in [1.807, 2.05) is 31.2 Å². The molecule has 7 heteroatoms. The molecule has 0 bridgehead atoms. The molecule has 0 spiro atoms. The number of hydrogen-bond donors (Lipinski definition) is 1. The number of carbonyl (C=O) groups excluding carboxylic acids is 1. The molecule has 1 aromatic heterocycles. The first-order valence-electron chi connectivity index (χ1n) is 11.0. The molecule has 0 radical (unpaired) electrons. The Kier molecular flexibility index (Phi) is 5.76. The Morgan fingerprint density at radius 2 is 1.68 bits per heavy atom. The number of benzene rings is 3. The van der Waals surface area contributed by atoms with Crippen molar-refractivity contribution < 1.29 is 18.7 Å². The lowest BCUT2D eigenvalue weighted by Gasteiger charge is -2.24. The van der Waals surface area contributed by atoms with Crippen molar-refractivity contribution in [2.75, 3.05) is 13.2 Å². The van der Waals surface area contributed by atoms with Crippen LogP contribution in [0.25, 0.3) is 10.9 Å². The van der Waals surface area contributed by atoms with E-state index in [1.165, 1.54) is 12.1 Å². The summed E-state index contributed by atoms with van der Waals surface area (Å²) >= 11 is 0. The topological polar surface area (TPSA) is 71.6 Å². The van der Waals surface area contributed by atoms with Crippen LogP contribution >= 0.6 is 0 Å². The summed E-state index contributed by atoms with van der Waals surface area (Å²) in [4.78, 5) is 31.0. The molecule has 6 nitrogen and oxygen atoms in total. The third-order valence-corrected chi connectivity index (χ3v) is 5.89. The van der Waals surface area contributed by atoms with Gasteiger partial charge in [-0.2, -0.15) is 0 Å². The van der Waals surface area contributed by atoms with Crippen LogP contribution in [0.15, 0.2) is 71.5 Å². The molecule has 0 fully saturated rings. The van der Waals surface area contributed by atoms with Crippen LogP contribution < -0.4 is 15.0 Å². The van der Waals surface area contributed by atoms with Gasteiger partial charge in [0.15, 0.2) is 11.5 Å². The average Bonchev–Trinajstić information content (AvgIpc) is 2.84. The summed E-state index contributed by atoms with van der Waals surface area (Å²) in [7, 11) is 0. The smallest absolute Gasteiger partial charge is 0.254 e. The van der Waals surface area contributed by atoms with Crippen LogP contribution in [0, 0.1) is 12.7 Å². The van der Waals surface area contributed by atoms with Crippen LogP contribution in [0.5, 0.6) is 11.5 Å². The molecule has 1 aliphatic heterocycles. The minimum Gasteiger partial charge on any atom is -0.486 e. The summed E-state index contributed by atoms with van der Waals surface area (Å²) in [5.74, 6) is 0.663. The Balaban J connectivity index is 1.52. The molecule has 0 saturated heterocycles. The van der Waals surface area contributed by atoms with Crippen molar-refractivity contribution >= 4 is 16.8 Å². The number of amides is 1. The van der Waals surface area contributed by atoms with E-state index >= 15 is 0 Å². The maximum absolute atomic E-state index is 13.5. The maximum Gasteiger partial charge on any atom is 0.254 e. The largest absolute Gasteiger partial charge is 0.486 e. The number of halogens is 1. The van der Waals surface area contributed by atoms with Crippen LogP contribution in [0.4, 0.5) is 4.39 Å². The molecule has 5 rings (SSSR count). The maximum atomic E-state index is 13.5. The van der Waals surface area contributed by atoms with E-state index in [4.69, 9.17) is 9.47 Å². The SMILES string of the molecule is Cc1ccccc1C(=O)N(Cc1ccc(F)cc1)Cc1cc2cc3c(cc2[nH]c1=O)OCCO3. The number of rotatable bonds is 5. The lowest BCUT2D eigenvalue weighted by atomic mass is 10.1. The lowest BCUT2D eigenvalue weighted by molar-refractivity contribution is 0.0728. The van der Waals surface area contributed by atoms with Crippen LogP contribution in [0.1, 0.15) is 27.0 Å². The number of nitrogens with one attached hydrogen (secondary N) is 1. The molecule has 3 aromatic carbocycles. The molecule has 0 saturated carbocycles. The summed E-state index contributed by atoms with van der Waals surface area (Å²) in [6.45, 7) is 3.11. The zero-order chi connectivity index (χ0) is 23.7. The molecule has 1 N–H and O–H groups in total. The van der Waals surface area contributed by atoms with E-state index in [2.05, 4.69) is 4.98 Å². The Morgan fingerprint density at radius 1 is 0.971 bits per heavy atom. The molecule has 1 aliphatic rings. The molecular weight excluding hydrogens is 435 g/mol. The number of hydrogen-bond acceptors (Lipinski definition) is 4. The Hall–Kier alpha value is -4.13. The minimum atomic E-state index is -0.346. The average molecular weight is 458 g/mol. The highest BCUT2D eigenvalue weighted by atomic mass is 19.1. The Labute approximate surface area is 195 Å². The zero-order valence-corrected chi connectivity index (χ0v) is 18.6. The van der Waals surface area contributed by atoms with Gasteiger partial charge >= 0.3 is 0 Å². The minimum absolute atomic E-state index is 0.0876. The van der Waals surface area contributed by atoms with Crippen molar-refractivity contribution in [3.63, 3.8) is 0 Å². The molecule has 0 atom stereocenters. The van der Waals surface area contributed by atoms with Gasteiger partial charge in [0.1, 0.15) is 19.0 Å². The second kappa shape index (κ2) is 9.02. The number of aryl methyl sites for hydroxylation is 1. The number of pyridine rings is 1. The van der Waals surface area contributed by atoms with Gasteiger partial charge in [0, 0.05) is 29.1 Å². The van der Waals surface area contributed by atoms with E-state index < -0.39 is 0 Å².